The van der Waals surface area contributed by atoms with Crippen LogP contribution in [0.5, 0.6) is 0 Å². The van der Waals surface area contributed by atoms with Crippen molar-refractivity contribution in [3.05, 3.63) is 95.6 Å². The van der Waals surface area contributed by atoms with E-state index in [9.17, 15) is 13.2 Å². The molecule has 0 bridgehead atoms. The first-order valence-electron chi connectivity index (χ1n) is 10.5. The summed E-state index contributed by atoms with van der Waals surface area (Å²) in [7, 11) is 0.462. The SMILES string of the molecule is CN(C)c1cccc([C@H]2CC(c3ccccc3NS(C)(=O)=O)=NN2C(=O)c2ccccc2)c1. The summed E-state index contributed by atoms with van der Waals surface area (Å²) in [5, 5.41) is 6.22. The Morgan fingerprint density at radius 2 is 1.70 bits per heavy atom. The van der Waals surface area contributed by atoms with Gasteiger partial charge in [0.1, 0.15) is 0 Å². The fourth-order valence-electron chi connectivity index (χ4n) is 3.87. The minimum Gasteiger partial charge on any atom is -0.378 e. The van der Waals surface area contributed by atoms with E-state index in [2.05, 4.69) is 10.8 Å². The van der Waals surface area contributed by atoms with Gasteiger partial charge in [-0.1, -0.05) is 48.5 Å². The standard InChI is InChI=1S/C25H26N4O3S/c1-28(2)20-13-9-12-19(16-20)24-17-23(21-14-7-8-15-22(21)27-33(3,31)32)26-29(24)25(30)18-10-5-4-6-11-18/h4-16,24,27H,17H2,1-3H3/t24-/m1/s1. The molecule has 0 unspecified atom stereocenters. The molecule has 3 aromatic carbocycles. The molecule has 1 atom stereocenters. The van der Waals surface area contributed by atoms with E-state index in [1.54, 1.807) is 24.3 Å². The second-order valence-corrected chi connectivity index (χ2v) is 9.94. The molecule has 1 aliphatic rings. The van der Waals surface area contributed by atoms with Crippen molar-refractivity contribution < 1.29 is 13.2 Å². The van der Waals surface area contributed by atoms with E-state index in [0.717, 1.165) is 17.5 Å². The number of amides is 1. The molecule has 0 saturated carbocycles. The van der Waals surface area contributed by atoms with Crippen molar-refractivity contribution >= 4 is 33.0 Å². The summed E-state index contributed by atoms with van der Waals surface area (Å²) in [4.78, 5) is 15.4. The molecule has 7 nitrogen and oxygen atoms in total. The smallest absolute Gasteiger partial charge is 0.274 e. The van der Waals surface area contributed by atoms with E-state index in [-0.39, 0.29) is 11.9 Å². The van der Waals surface area contributed by atoms with Gasteiger partial charge in [-0.15, -0.1) is 0 Å². The third-order valence-electron chi connectivity index (χ3n) is 5.44. The highest BCUT2D eigenvalue weighted by atomic mass is 32.2. The summed E-state index contributed by atoms with van der Waals surface area (Å²) in [5.41, 5.74) is 4.25. The summed E-state index contributed by atoms with van der Waals surface area (Å²) in [6.45, 7) is 0. The van der Waals surface area contributed by atoms with Gasteiger partial charge in [-0.05, 0) is 35.9 Å². The van der Waals surface area contributed by atoms with Gasteiger partial charge in [0.25, 0.3) is 5.91 Å². The van der Waals surface area contributed by atoms with Crippen LogP contribution in [-0.4, -0.2) is 45.4 Å². The van der Waals surface area contributed by atoms with Crippen LogP contribution >= 0.6 is 0 Å². The molecule has 4 rings (SSSR count). The van der Waals surface area contributed by atoms with Crippen LogP contribution in [0, 0.1) is 0 Å². The highest BCUT2D eigenvalue weighted by Crippen LogP contribution is 2.36. The fraction of sp³-hybridized carbons (Fsp3) is 0.200. The lowest BCUT2D eigenvalue weighted by Crippen LogP contribution is -2.27. The first-order chi connectivity index (χ1) is 15.7. The lowest BCUT2D eigenvalue weighted by atomic mass is 9.97. The second-order valence-electron chi connectivity index (χ2n) is 8.19. The van der Waals surface area contributed by atoms with Gasteiger partial charge >= 0.3 is 0 Å². The number of nitrogens with one attached hydrogen (secondary N) is 1. The van der Waals surface area contributed by atoms with Crippen molar-refractivity contribution in [2.45, 2.75) is 12.5 Å². The Bertz CT molecular complexity index is 1300. The van der Waals surface area contributed by atoms with Crippen LogP contribution in [0.2, 0.25) is 0 Å². The van der Waals surface area contributed by atoms with Crippen LogP contribution in [0.1, 0.15) is 33.9 Å². The predicted octanol–water partition coefficient (Wildman–Crippen LogP) is 4.12. The van der Waals surface area contributed by atoms with Crippen molar-refractivity contribution in [3.8, 4) is 0 Å². The number of hydrogen-bond acceptors (Lipinski definition) is 5. The number of sulfonamides is 1. The maximum absolute atomic E-state index is 13.4. The Kier molecular flexibility index (Phi) is 6.20. The maximum atomic E-state index is 13.4. The molecule has 0 spiro atoms. The minimum atomic E-state index is -3.47. The zero-order valence-corrected chi connectivity index (χ0v) is 19.6. The number of nitrogens with zero attached hydrogens (tertiary/aromatic N) is 3. The molecule has 170 valence electrons. The highest BCUT2D eigenvalue weighted by Gasteiger charge is 2.34. The second kappa shape index (κ2) is 9.07. The van der Waals surface area contributed by atoms with Gasteiger partial charge in [-0.2, -0.15) is 5.10 Å². The lowest BCUT2D eigenvalue weighted by Gasteiger charge is -2.23. The molecule has 0 radical (unpaired) electrons. The van der Waals surface area contributed by atoms with Gasteiger partial charge < -0.3 is 4.90 Å². The zero-order chi connectivity index (χ0) is 23.6. The van der Waals surface area contributed by atoms with Crippen LogP contribution in [0.4, 0.5) is 11.4 Å². The van der Waals surface area contributed by atoms with Crippen molar-refractivity contribution in [2.24, 2.45) is 5.10 Å². The average Bonchev–Trinajstić information content (AvgIpc) is 3.24. The van der Waals surface area contributed by atoms with Gasteiger partial charge in [0, 0.05) is 37.3 Å². The Labute approximate surface area is 194 Å². The Balaban J connectivity index is 1.78. The molecule has 0 fully saturated rings. The minimum absolute atomic E-state index is 0.209. The lowest BCUT2D eigenvalue weighted by molar-refractivity contribution is 0.0711. The molecule has 1 aliphatic heterocycles. The number of benzene rings is 3. The maximum Gasteiger partial charge on any atom is 0.274 e. The Morgan fingerprint density at radius 1 is 1.00 bits per heavy atom. The number of hydrazone groups is 1. The normalized spacial score (nSPS) is 15.8. The van der Waals surface area contributed by atoms with E-state index in [4.69, 9.17) is 5.10 Å². The number of carbonyl (C=O) groups is 1. The topological polar surface area (TPSA) is 82.1 Å². The number of hydrogen-bond donors (Lipinski definition) is 1. The van der Waals surface area contributed by atoms with E-state index < -0.39 is 10.0 Å². The van der Waals surface area contributed by atoms with Crippen molar-refractivity contribution in [3.63, 3.8) is 0 Å². The van der Waals surface area contributed by atoms with Crippen LogP contribution in [0.25, 0.3) is 0 Å². The Morgan fingerprint density at radius 3 is 2.39 bits per heavy atom. The van der Waals surface area contributed by atoms with E-state index >= 15 is 0 Å². The molecule has 8 heteroatoms. The summed E-state index contributed by atoms with van der Waals surface area (Å²) in [6.07, 6.45) is 1.57. The van der Waals surface area contributed by atoms with Crippen LogP contribution < -0.4 is 9.62 Å². The molecule has 0 aromatic heterocycles. The first-order valence-corrected chi connectivity index (χ1v) is 12.4. The third kappa shape index (κ3) is 5.06. The summed E-state index contributed by atoms with van der Waals surface area (Å²) in [6, 6.07) is 23.8. The number of carbonyl (C=O) groups excluding carboxylic acids is 1. The largest absolute Gasteiger partial charge is 0.378 e. The van der Waals surface area contributed by atoms with E-state index in [1.165, 1.54) is 5.01 Å². The number of para-hydroxylation sites is 1. The molecule has 3 aromatic rings. The third-order valence-corrected chi connectivity index (χ3v) is 6.03. The monoisotopic (exact) mass is 462 g/mol. The van der Waals surface area contributed by atoms with Gasteiger partial charge in [0.15, 0.2) is 0 Å². The summed E-state index contributed by atoms with van der Waals surface area (Å²) >= 11 is 0. The number of rotatable bonds is 6. The molecular formula is C25H26N4O3S. The molecule has 1 heterocycles. The molecular weight excluding hydrogens is 436 g/mol. The predicted molar refractivity (Wildman–Crippen MR) is 132 cm³/mol. The van der Waals surface area contributed by atoms with Crippen molar-refractivity contribution in [2.75, 3.05) is 30.0 Å². The van der Waals surface area contributed by atoms with Crippen molar-refractivity contribution in [1.82, 2.24) is 5.01 Å². The van der Waals surface area contributed by atoms with Gasteiger partial charge in [-0.25, -0.2) is 13.4 Å². The average molecular weight is 463 g/mol. The van der Waals surface area contributed by atoms with Gasteiger partial charge in [-0.3, -0.25) is 9.52 Å². The van der Waals surface area contributed by atoms with E-state index in [0.29, 0.717) is 28.9 Å². The van der Waals surface area contributed by atoms with Gasteiger partial charge in [0.2, 0.25) is 10.0 Å². The fourth-order valence-corrected chi connectivity index (χ4v) is 4.44. The zero-order valence-electron chi connectivity index (χ0n) is 18.8. The molecule has 0 aliphatic carbocycles. The summed E-state index contributed by atoms with van der Waals surface area (Å²) in [5.74, 6) is -0.209. The Hall–Kier alpha value is -3.65. The summed E-state index contributed by atoms with van der Waals surface area (Å²) < 4.78 is 26.3. The molecule has 1 amide bonds. The molecule has 33 heavy (non-hydrogen) atoms. The quantitative estimate of drug-likeness (QED) is 0.598. The molecule has 1 N–H and O–H groups in total. The molecule has 0 saturated heterocycles. The van der Waals surface area contributed by atoms with Crippen molar-refractivity contribution in [1.29, 1.82) is 0 Å². The van der Waals surface area contributed by atoms with Crippen LogP contribution in [0.15, 0.2) is 84.0 Å². The number of anilines is 2. The van der Waals surface area contributed by atoms with Crippen LogP contribution in [0.3, 0.4) is 0 Å². The first kappa shape index (κ1) is 22.5. The van der Waals surface area contributed by atoms with Crippen LogP contribution in [-0.2, 0) is 10.0 Å². The van der Waals surface area contributed by atoms with Gasteiger partial charge in [0.05, 0.1) is 23.7 Å². The highest BCUT2D eigenvalue weighted by molar-refractivity contribution is 7.92. The van der Waals surface area contributed by atoms with E-state index in [1.807, 2.05) is 67.5 Å².